The van der Waals surface area contributed by atoms with Crippen molar-refractivity contribution in [3.63, 3.8) is 0 Å². The Morgan fingerprint density at radius 3 is 2.14 bits per heavy atom. The molecule has 150 valence electrons. The van der Waals surface area contributed by atoms with Crippen LogP contribution in [0.5, 0.6) is 23.0 Å². The Morgan fingerprint density at radius 2 is 1.57 bits per heavy atom. The van der Waals surface area contributed by atoms with E-state index in [1.165, 1.54) is 14.2 Å². The van der Waals surface area contributed by atoms with Gasteiger partial charge in [-0.15, -0.1) is 0 Å². The van der Waals surface area contributed by atoms with Gasteiger partial charge in [0.2, 0.25) is 0 Å². The van der Waals surface area contributed by atoms with E-state index < -0.39 is 17.9 Å². The Hall–Kier alpha value is -3.42. The second kappa shape index (κ2) is 10.1. The average molecular weight is 389 g/mol. The summed E-state index contributed by atoms with van der Waals surface area (Å²) < 4.78 is 20.9. The molecule has 0 bridgehead atoms. The number of rotatable bonds is 10. The second-order valence-electron chi connectivity index (χ2n) is 5.80. The van der Waals surface area contributed by atoms with E-state index in [0.717, 1.165) is 0 Å². The van der Waals surface area contributed by atoms with Crippen LogP contribution < -0.4 is 24.3 Å². The number of benzene rings is 2. The van der Waals surface area contributed by atoms with Gasteiger partial charge >= 0.3 is 5.97 Å². The second-order valence-corrected chi connectivity index (χ2v) is 5.80. The van der Waals surface area contributed by atoms with Crippen LogP contribution in [0.2, 0.25) is 0 Å². The van der Waals surface area contributed by atoms with Crippen LogP contribution in [0.1, 0.15) is 18.0 Å². The highest BCUT2D eigenvalue weighted by molar-refractivity contribution is 5.79. The minimum absolute atomic E-state index is 0.254. The number of hydrogen-bond acceptors (Lipinski definition) is 6. The van der Waals surface area contributed by atoms with Gasteiger partial charge in [0, 0.05) is 0 Å². The van der Waals surface area contributed by atoms with Crippen molar-refractivity contribution in [3.05, 3.63) is 48.0 Å². The molecule has 2 N–H and O–H groups in total. The molecule has 0 fully saturated rings. The van der Waals surface area contributed by atoms with E-state index in [4.69, 9.17) is 18.9 Å². The molecule has 8 heteroatoms. The Balaban J connectivity index is 2.06. The molecule has 0 unspecified atom stereocenters. The minimum atomic E-state index is -1.05. The number of hydrogen-bond donors (Lipinski definition) is 2. The normalized spacial score (nSPS) is 11.2. The number of carbonyl (C=O) groups excluding carboxylic acids is 1. The van der Waals surface area contributed by atoms with Crippen molar-refractivity contribution in [1.29, 1.82) is 0 Å². The number of carboxylic acid groups (broad SMARTS) is 1. The summed E-state index contributed by atoms with van der Waals surface area (Å²) >= 11 is 0. The lowest BCUT2D eigenvalue weighted by atomic mass is 10.0. The van der Waals surface area contributed by atoms with Gasteiger partial charge in [0.15, 0.2) is 18.1 Å². The van der Waals surface area contributed by atoms with Crippen LogP contribution >= 0.6 is 0 Å². The monoisotopic (exact) mass is 389 g/mol. The first-order valence-electron chi connectivity index (χ1n) is 8.46. The highest BCUT2D eigenvalue weighted by atomic mass is 16.5. The Morgan fingerprint density at radius 1 is 0.929 bits per heavy atom. The average Bonchev–Trinajstić information content (AvgIpc) is 2.71. The van der Waals surface area contributed by atoms with Crippen LogP contribution in [-0.2, 0) is 9.59 Å². The fourth-order valence-corrected chi connectivity index (χ4v) is 2.55. The quantitative estimate of drug-likeness (QED) is 0.643. The van der Waals surface area contributed by atoms with E-state index in [9.17, 15) is 14.7 Å². The van der Waals surface area contributed by atoms with Crippen molar-refractivity contribution < 1.29 is 33.6 Å². The van der Waals surface area contributed by atoms with Crippen molar-refractivity contribution in [2.75, 3.05) is 27.9 Å². The van der Waals surface area contributed by atoms with E-state index in [-0.39, 0.29) is 13.0 Å². The SMILES string of the molecule is COc1ccc(OCC(=O)N[C@@H](CC(=O)O)c2ccc(OC)c(OC)c2)cc1. The van der Waals surface area contributed by atoms with Gasteiger partial charge in [0.25, 0.3) is 5.91 Å². The van der Waals surface area contributed by atoms with Crippen LogP contribution in [-0.4, -0.2) is 44.9 Å². The lowest BCUT2D eigenvalue weighted by Crippen LogP contribution is -2.33. The number of carbonyl (C=O) groups is 2. The molecule has 0 aliphatic carbocycles. The molecule has 2 aromatic rings. The third-order valence-electron chi connectivity index (χ3n) is 3.95. The van der Waals surface area contributed by atoms with E-state index >= 15 is 0 Å². The van der Waals surface area contributed by atoms with Gasteiger partial charge in [-0.1, -0.05) is 6.07 Å². The molecule has 0 spiro atoms. The molecule has 0 aliphatic heterocycles. The molecule has 8 nitrogen and oxygen atoms in total. The summed E-state index contributed by atoms with van der Waals surface area (Å²) in [4.78, 5) is 23.5. The number of methoxy groups -OCH3 is 3. The van der Waals surface area contributed by atoms with Crippen LogP contribution in [0.25, 0.3) is 0 Å². The molecule has 0 saturated heterocycles. The lowest BCUT2D eigenvalue weighted by molar-refractivity contribution is -0.137. The maximum absolute atomic E-state index is 12.3. The molecule has 1 amide bonds. The van der Waals surface area contributed by atoms with Crippen LogP contribution in [0.15, 0.2) is 42.5 Å². The minimum Gasteiger partial charge on any atom is -0.497 e. The molecular formula is C20H23NO7. The molecule has 28 heavy (non-hydrogen) atoms. The summed E-state index contributed by atoms with van der Waals surface area (Å²) in [5.41, 5.74) is 0.581. The zero-order valence-corrected chi connectivity index (χ0v) is 15.9. The standard InChI is InChI=1S/C20H23NO7/c1-25-14-5-7-15(8-6-14)28-12-19(22)21-16(11-20(23)24)13-4-9-17(26-2)18(10-13)27-3/h4-10,16H,11-12H2,1-3H3,(H,21,22)(H,23,24)/t16-/m0/s1. The van der Waals surface area contributed by atoms with E-state index in [0.29, 0.717) is 28.6 Å². The molecule has 0 saturated carbocycles. The van der Waals surface area contributed by atoms with Crippen LogP contribution in [0.4, 0.5) is 0 Å². The number of ether oxygens (including phenoxy) is 4. The molecule has 2 aromatic carbocycles. The summed E-state index contributed by atoms with van der Waals surface area (Å²) in [7, 11) is 4.54. The summed E-state index contributed by atoms with van der Waals surface area (Å²) in [5.74, 6) is 0.630. The molecule has 1 atom stereocenters. The topological polar surface area (TPSA) is 103 Å². The van der Waals surface area contributed by atoms with Crippen molar-refractivity contribution in [1.82, 2.24) is 5.32 Å². The predicted octanol–water partition coefficient (Wildman–Crippen LogP) is 2.42. The van der Waals surface area contributed by atoms with Gasteiger partial charge in [0.05, 0.1) is 33.8 Å². The molecule has 0 heterocycles. The number of carboxylic acids is 1. The van der Waals surface area contributed by atoms with Gasteiger partial charge in [-0.25, -0.2) is 0 Å². The number of aliphatic carboxylic acids is 1. The number of amides is 1. The fourth-order valence-electron chi connectivity index (χ4n) is 2.55. The Bertz CT molecular complexity index is 805. The van der Waals surface area contributed by atoms with Gasteiger partial charge in [-0.2, -0.15) is 0 Å². The molecule has 0 radical (unpaired) electrons. The van der Waals surface area contributed by atoms with Crippen molar-refractivity contribution in [2.45, 2.75) is 12.5 Å². The zero-order chi connectivity index (χ0) is 20.5. The zero-order valence-electron chi connectivity index (χ0n) is 15.9. The van der Waals surface area contributed by atoms with Gasteiger partial charge in [-0.3, -0.25) is 9.59 Å². The van der Waals surface area contributed by atoms with Gasteiger partial charge in [0.1, 0.15) is 11.5 Å². The summed E-state index contributed by atoms with van der Waals surface area (Å²) in [6.07, 6.45) is -0.288. The maximum Gasteiger partial charge on any atom is 0.305 e. The van der Waals surface area contributed by atoms with E-state index in [1.54, 1.807) is 49.6 Å². The largest absolute Gasteiger partial charge is 0.497 e. The molecule has 0 aromatic heterocycles. The van der Waals surface area contributed by atoms with Crippen molar-refractivity contribution in [3.8, 4) is 23.0 Å². The Kier molecular flexibility index (Phi) is 7.50. The Labute approximate surface area is 163 Å². The third-order valence-corrected chi connectivity index (χ3v) is 3.95. The third kappa shape index (κ3) is 5.80. The first kappa shape index (κ1) is 20.9. The molecule has 2 rings (SSSR count). The van der Waals surface area contributed by atoms with Gasteiger partial charge in [-0.05, 0) is 42.0 Å². The predicted molar refractivity (Wildman–Crippen MR) is 101 cm³/mol. The first-order valence-corrected chi connectivity index (χ1v) is 8.46. The lowest BCUT2D eigenvalue weighted by Gasteiger charge is -2.19. The van der Waals surface area contributed by atoms with Crippen molar-refractivity contribution in [2.24, 2.45) is 0 Å². The molecule has 0 aliphatic rings. The number of nitrogens with one attached hydrogen (secondary N) is 1. The highest BCUT2D eigenvalue weighted by Crippen LogP contribution is 2.31. The summed E-state index contributed by atoms with van der Waals surface area (Å²) in [6.45, 7) is -0.254. The fraction of sp³-hybridized carbons (Fsp3) is 0.300. The van der Waals surface area contributed by atoms with E-state index in [2.05, 4.69) is 5.32 Å². The first-order chi connectivity index (χ1) is 13.5. The van der Waals surface area contributed by atoms with Crippen LogP contribution in [0.3, 0.4) is 0 Å². The maximum atomic E-state index is 12.3. The summed E-state index contributed by atoms with van der Waals surface area (Å²) in [5, 5.41) is 11.9. The highest BCUT2D eigenvalue weighted by Gasteiger charge is 2.20. The molecular weight excluding hydrogens is 366 g/mol. The van der Waals surface area contributed by atoms with Gasteiger partial charge < -0.3 is 29.4 Å². The van der Waals surface area contributed by atoms with Crippen molar-refractivity contribution >= 4 is 11.9 Å². The smallest absolute Gasteiger partial charge is 0.305 e. The summed E-state index contributed by atoms with van der Waals surface area (Å²) in [6, 6.07) is 11.0. The van der Waals surface area contributed by atoms with Crippen LogP contribution in [0, 0.1) is 0 Å². The van der Waals surface area contributed by atoms with E-state index in [1.807, 2.05) is 0 Å².